The van der Waals surface area contributed by atoms with Gasteiger partial charge in [0, 0.05) is 12.5 Å². The average Bonchev–Trinajstić information content (AvgIpc) is 2.83. The molecule has 1 aliphatic rings. The fourth-order valence-corrected chi connectivity index (χ4v) is 6.05. The Bertz CT molecular complexity index is 800. The van der Waals surface area contributed by atoms with Gasteiger partial charge in [-0.1, -0.05) is 86.1 Å². The molecule has 0 radical (unpaired) electrons. The highest BCUT2D eigenvalue weighted by Crippen LogP contribution is 2.44. The van der Waals surface area contributed by atoms with Gasteiger partial charge in [0.15, 0.2) is 0 Å². The first kappa shape index (κ1) is 18.9. The summed E-state index contributed by atoms with van der Waals surface area (Å²) in [4.78, 5) is 11.1. The maximum absolute atomic E-state index is 11.1. The molecular weight excluding hydrogens is 354 g/mol. The van der Waals surface area contributed by atoms with Gasteiger partial charge in [0.05, 0.1) is 16.1 Å². The maximum Gasteiger partial charge on any atom is 0.404 e. The summed E-state index contributed by atoms with van der Waals surface area (Å²) >= 11 is 0. The first-order valence-corrected chi connectivity index (χ1v) is 16.2. The molecular formula is C21H29NO2Si2. The van der Waals surface area contributed by atoms with E-state index < -0.39 is 22.2 Å². The Balaban J connectivity index is 2.14. The Morgan fingerprint density at radius 1 is 0.885 bits per heavy atom. The Morgan fingerprint density at radius 2 is 1.31 bits per heavy atom. The topological polar surface area (TPSA) is 49.3 Å². The molecule has 0 aliphatic heterocycles. The minimum Gasteiger partial charge on any atom is -0.465 e. The van der Waals surface area contributed by atoms with E-state index in [0.29, 0.717) is 6.54 Å². The van der Waals surface area contributed by atoms with E-state index in [1.165, 1.54) is 32.6 Å². The van der Waals surface area contributed by atoms with E-state index in [2.05, 4.69) is 81.0 Å². The zero-order chi connectivity index (χ0) is 19.3. The molecule has 0 heterocycles. The molecule has 0 bridgehead atoms. The quantitative estimate of drug-likeness (QED) is 0.779. The number of hydrogen-bond acceptors (Lipinski definition) is 1. The van der Waals surface area contributed by atoms with Crippen LogP contribution in [0.3, 0.4) is 0 Å². The van der Waals surface area contributed by atoms with E-state index in [1.807, 2.05) is 0 Å². The summed E-state index contributed by atoms with van der Waals surface area (Å²) < 4.78 is 0. The van der Waals surface area contributed by atoms with Crippen molar-refractivity contribution >= 4 is 32.6 Å². The zero-order valence-electron chi connectivity index (χ0n) is 16.6. The third kappa shape index (κ3) is 3.51. The summed E-state index contributed by atoms with van der Waals surface area (Å²) in [5.74, 6) is 0.101. The fraction of sp³-hybridized carbons (Fsp3) is 0.381. The molecule has 0 saturated carbocycles. The SMILES string of the molecule is C[Si](C)(C)c1ccc2c(c1)C(CNC(=O)O)c1cc([Si](C)(C)C)ccc1-2. The maximum atomic E-state index is 11.1. The Hall–Kier alpha value is -1.86. The zero-order valence-corrected chi connectivity index (χ0v) is 18.6. The monoisotopic (exact) mass is 383 g/mol. The van der Waals surface area contributed by atoms with E-state index in [0.717, 1.165) is 0 Å². The minimum absolute atomic E-state index is 0.101. The van der Waals surface area contributed by atoms with Crippen LogP contribution in [0.1, 0.15) is 17.0 Å². The largest absolute Gasteiger partial charge is 0.465 e. The van der Waals surface area contributed by atoms with E-state index in [-0.39, 0.29) is 5.92 Å². The number of benzene rings is 2. The lowest BCUT2D eigenvalue weighted by atomic mass is 9.97. The highest BCUT2D eigenvalue weighted by molar-refractivity contribution is 6.89. The third-order valence-corrected chi connectivity index (χ3v) is 9.42. The van der Waals surface area contributed by atoms with Gasteiger partial charge in [-0.15, -0.1) is 0 Å². The average molecular weight is 384 g/mol. The second-order valence-corrected chi connectivity index (χ2v) is 19.5. The van der Waals surface area contributed by atoms with Crippen LogP contribution in [0.4, 0.5) is 4.79 Å². The molecule has 2 aromatic rings. The van der Waals surface area contributed by atoms with Gasteiger partial charge >= 0.3 is 6.09 Å². The first-order valence-electron chi connectivity index (χ1n) is 9.24. The van der Waals surface area contributed by atoms with Crippen molar-refractivity contribution in [2.24, 2.45) is 0 Å². The van der Waals surface area contributed by atoms with Crippen LogP contribution >= 0.6 is 0 Å². The van der Waals surface area contributed by atoms with Crippen LogP contribution in [-0.4, -0.2) is 33.9 Å². The van der Waals surface area contributed by atoms with Gasteiger partial charge in [0.2, 0.25) is 0 Å². The van der Waals surface area contributed by atoms with Crippen LogP contribution in [-0.2, 0) is 0 Å². The summed E-state index contributed by atoms with van der Waals surface area (Å²) in [6, 6.07) is 13.7. The summed E-state index contributed by atoms with van der Waals surface area (Å²) in [5.41, 5.74) is 5.09. The first-order chi connectivity index (χ1) is 12.0. The normalized spacial score (nSPS) is 14.1. The Morgan fingerprint density at radius 3 is 1.65 bits per heavy atom. The predicted octanol–water partition coefficient (Wildman–Crippen LogP) is 4.16. The third-order valence-electron chi connectivity index (χ3n) is 5.33. The number of nitrogens with one attached hydrogen (secondary N) is 1. The molecule has 0 atom stereocenters. The van der Waals surface area contributed by atoms with Crippen LogP contribution < -0.4 is 15.7 Å². The van der Waals surface area contributed by atoms with Crippen molar-refractivity contribution in [1.29, 1.82) is 0 Å². The standard InChI is InChI=1S/C21H29NO2Si2/c1-25(2,3)14-7-9-16-17-10-8-15(26(4,5)6)12-19(17)20(18(16)11-14)13-22-21(23)24/h7-12,20,22H,13H2,1-6H3,(H,23,24). The lowest BCUT2D eigenvalue weighted by Crippen LogP contribution is -2.38. The van der Waals surface area contributed by atoms with Crippen molar-refractivity contribution in [3.63, 3.8) is 0 Å². The number of carboxylic acid groups (broad SMARTS) is 1. The number of hydrogen-bond donors (Lipinski definition) is 2. The van der Waals surface area contributed by atoms with Crippen molar-refractivity contribution in [3.8, 4) is 11.1 Å². The molecule has 0 saturated heterocycles. The minimum atomic E-state index is -1.42. The second-order valence-electron chi connectivity index (χ2n) is 9.34. The molecule has 1 amide bonds. The van der Waals surface area contributed by atoms with Gasteiger partial charge in [-0.3, -0.25) is 0 Å². The molecule has 2 N–H and O–H groups in total. The Kier molecular flexibility index (Phi) is 4.65. The number of amides is 1. The van der Waals surface area contributed by atoms with Crippen LogP contribution in [0.5, 0.6) is 0 Å². The van der Waals surface area contributed by atoms with Crippen molar-refractivity contribution in [1.82, 2.24) is 5.32 Å². The summed E-state index contributed by atoms with van der Waals surface area (Å²) in [6.45, 7) is 14.5. The fourth-order valence-electron chi connectivity index (χ4n) is 3.70. The van der Waals surface area contributed by atoms with Crippen LogP contribution in [0, 0.1) is 0 Å². The molecule has 5 heteroatoms. The molecule has 0 fully saturated rings. The van der Waals surface area contributed by atoms with E-state index in [4.69, 9.17) is 5.11 Å². The van der Waals surface area contributed by atoms with E-state index >= 15 is 0 Å². The number of carbonyl (C=O) groups is 1. The summed E-state index contributed by atoms with van der Waals surface area (Å²) in [5, 5.41) is 14.6. The highest BCUT2D eigenvalue weighted by atomic mass is 28.3. The molecule has 3 rings (SSSR count). The molecule has 0 unspecified atom stereocenters. The highest BCUT2D eigenvalue weighted by Gasteiger charge is 2.32. The van der Waals surface area contributed by atoms with Crippen molar-refractivity contribution < 1.29 is 9.90 Å². The van der Waals surface area contributed by atoms with E-state index in [9.17, 15) is 4.79 Å². The molecule has 1 aliphatic carbocycles. The summed E-state index contributed by atoms with van der Waals surface area (Å²) in [6.07, 6.45) is -0.956. The summed E-state index contributed by atoms with van der Waals surface area (Å²) in [7, 11) is -2.85. The molecule has 0 spiro atoms. The van der Waals surface area contributed by atoms with Crippen molar-refractivity contribution in [2.75, 3.05) is 6.54 Å². The van der Waals surface area contributed by atoms with Gasteiger partial charge in [-0.05, 0) is 22.3 Å². The molecule has 138 valence electrons. The molecule has 26 heavy (non-hydrogen) atoms. The van der Waals surface area contributed by atoms with Gasteiger partial charge in [0.25, 0.3) is 0 Å². The molecule has 2 aromatic carbocycles. The lowest BCUT2D eigenvalue weighted by molar-refractivity contribution is 0.194. The van der Waals surface area contributed by atoms with Gasteiger partial charge in [-0.2, -0.15) is 0 Å². The second kappa shape index (κ2) is 6.39. The van der Waals surface area contributed by atoms with Crippen molar-refractivity contribution in [3.05, 3.63) is 47.5 Å². The number of fused-ring (bicyclic) bond motifs is 3. The van der Waals surface area contributed by atoms with E-state index in [1.54, 1.807) is 0 Å². The predicted molar refractivity (Wildman–Crippen MR) is 116 cm³/mol. The van der Waals surface area contributed by atoms with Crippen LogP contribution in [0.25, 0.3) is 11.1 Å². The smallest absolute Gasteiger partial charge is 0.404 e. The molecule has 0 aromatic heterocycles. The van der Waals surface area contributed by atoms with Gasteiger partial charge < -0.3 is 10.4 Å². The van der Waals surface area contributed by atoms with Crippen LogP contribution in [0.2, 0.25) is 39.3 Å². The van der Waals surface area contributed by atoms with Crippen molar-refractivity contribution in [2.45, 2.75) is 45.2 Å². The van der Waals surface area contributed by atoms with Gasteiger partial charge in [-0.25, -0.2) is 4.79 Å². The molecule has 3 nitrogen and oxygen atoms in total. The number of rotatable bonds is 4. The van der Waals surface area contributed by atoms with Gasteiger partial charge in [0.1, 0.15) is 0 Å². The lowest BCUT2D eigenvalue weighted by Gasteiger charge is -2.21. The Labute approximate surface area is 158 Å². The van der Waals surface area contributed by atoms with Crippen LogP contribution in [0.15, 0.2) is 36.4 Å².